The molecule has 0 aliphatic heterocycles. The summed E-state index contributed by atoms with van der Waals surface area (Å²) in [6.45, 7) is 4.87. The van der Waals surface area contributed by atoms with E-state index in [1.807, 2.05) is 48.5 Å². The van der Waals surface area contributed by atoms with Gasteiger partial charge in [0.1, 0.15) is 17.4 Å². The van der Waals surface area contributed by atoms with Crippen molar-refractivity contribution in [1.29, 1.82) is 0 Å². The zero-order valence-corrected chi connectivity index (χ0v) is 14.0. The van der Waals surface area contributed by atoms with Gasteiger partial charge in [-0.2, -0.15) is 0 Å². The summed E-state index contributed by atoms with van der Waals surface area (Å²) in [6, 6.07) is 16.1. The maximum Gasteiger partial charge on any atom is 0.163 e. The van der Waals surface area contributed by atoms with Crippen LogP contribution in [0.1, 0.15) is 26.0 Å². The van der Waals surface area contributed by atoms with E-state index in [9.17, 15) is 0 Å². The second-order valence-corrected chi connectivity index (χ2v) is 5.71. The van der Waals surface area contributed by atoms with Crippen LogP contribution in [0.5, 0.6) is 0 Å². The molecule has 0 bridgehead atoms. The van der Waals surface area contributed by atoms with Crippen LogP contribution in [0.4, 0.5) is 11.6 Å². The van der Waals surface area contributed by atoms with E-state index in [-0.39, 0.29) is 0 Å². The van der Waals surface area contributed by atoms with E-state index >= 15 is 0 Å². The molecule has 3 rings (SSSR count). The lowest BCUT2D eigenvalue weighted by molar-refractivity contribution is 0.518. The quantitative estimate of drug-likeness (QED) is 0.667. The molecule has 124 valence electrons. The number of hydrogen-bond acceptors (Lipinski definition) is 5. The van der Waals surface area contributed by atoms with E-state index in [0.717, 1.165) is 29.4 Å². The average molecular weight is 322 g/mol. The Kier molecular flexibility index (Phi) is 5.11. The predicted octanol–water partition coefficient (Wildman–Crippen LogP) is 4.56. The number of benzene rings is 1. The lowest BCUT2D eigenvalue weighted by Gasteiger charge is -2.15. The van der Waals surface area contributed by atoms with Crippen molar-refractivity contribution in [2.24, 2.45) is 0 Å². The summed E-state index contributed by atoms with van der Waals surface area (Å²) >= 11 is 0. The van der Waals surface area contributed by atoms with Crippen molar-refractivity contribution in [3.05, 3.63) is 60.6 Å². The summed E-state index contributed by atoms with van der Waals surface area (Å²) in [5, 5.41) is 6.72. The first kappa shape index (κ1) is 16.1. The normalized spacial score (nSPS) is 11.9. The van der Waals surface area contributed by atoms with Crippen LogP contribution in [0.25, 0.3) is 11.4 Å². The molecule has 0 aliphatic carbocycles. The van der Waals surface area contributed by atoms with Gasteiger partial charge in [0.25, 0.3) is 0 Å². The van der Waals surface area contributed by atoms with Gasteiger partial charge in [-0.3, -0.25) is 0 Å². The number of rotatable bonds is 7. The number of hydrogen-bond donors (Lipinski definition) is 2. The Labute approximate surface area is 142 Å². The molecule has 2 heterocycles. The molecule has 3 aromatic rings. The van der Waals surface area contributed by atoms with E-state index in [1.165, 1.54) is 0 Å². The molecule has 2 N–H and O–H groups in total. The zero-order valence-electron chi connectivity index (χ0n) is 14.0. The lowest BCUT2D eigenvalue weighted by atomic mass is 10.2. The van der Waals surface area contributed by atoms with Crippen molar-refractivity contribution in [3.8, 4) is 11.4 Å². The molecule has 5 nitrogen and oxygen atoms in total. The molecule has 0 amide bonds. The van der Waals surface area contributed by atoms with E-state index in [2.05, 4.69) is 34.4 Å². The molecule has 0 saturated heterocycles. The van der Waals surface area contributed by atoms with Crippen LogP contribution in [0.15, 0.2) is 59.2 Å². The lowest BCUT2D eigenvalue weighted by Crippen LogP contribution is -2.15. The molecule has 0 aliphatic rings. The highest BCUT2D eigenvalue weighted by molar-refractivity contribution is 5.61. The number of nitrogens with zero attached hydrogens (tertiary/aromatic N) is 2. The van der Waals surface area contributed by atoms with Gasteiger partial charge >= 0.3 is 0 Å². The highest BCUT2D eigenvalue weighted by Crippen LogP contribution is 2.21. The molecule has 0 spiro atoms. The third-order valence-electron chi connectivity index (χ3n) is 3.79. The van der Waals surface area contributed by atoms with Gasteiger partial charge in [-0.25, -0.2) is 9.97 Å². The van der Waals surface area contributed by atoms with Crippen molar-refractivity contribution in [3.63, 3.8) is 0 Å². The summed E-state index contributed by atoms with van der Waals surface area (Å²) in [4.78, 5) is 9.28. The Morgan fingerprint density at radius 3 is 2.54 bits per heavy atom. The molecule has 0 radical (unpaired) electrons. The predicted molar refractivity (Wildman–Crippen MR) is 96.9 cm³/mol. The van der Waals surface area contributed by atoms with Crippen LogP contribution < -0.4 is 10.6 Å². The molecular formula is C19H22N4O. The highest BCUT2D eigenvalue weighted by atomic mass is 16.3. The smallest absolute Gasteiger partial charge is 0.163 e. The van der Waals surface area contributed by atoms with Crippen molar-refractivity contribution in [2.45, 2.75) is 32.9 Å². The van der Waals surface area contributed by atoms with E-state index < -0.39 is 0 Å². The Morgan fingerprint density at radius 1 is 1.04 bits per heavy atom. The fourth-order valence-electron chi connectivity index (χ4n) is 2.27. The van der Waals surface area contributed by atoms with E-state index in [4.69, 9.17) is 4.42 Å². The third-order valence-corrected chi connectivity index (χ3v) is 3.79. The third kappa shape index (κ3) is 4.13. The Bertz CT molecular complexity index is 756. The van der Waals surface area contributed by atoms with Gasteiger partial charge in [-0.15, -0.1) is 0 Å². The fraction of sp³-hybridized carbons (Fsp3) is 0.263. The van der Waals surface area contributed by atoms with E-state index in [0.29, 0.717) is 18.4 Å². The molecule has 2 aromatic heterocycles. The van der Waals surface area contributed by atoms with Gasteiger partial charge in [0.2, 0.25) is 0 Å². The fourth-order valence-corrected chi connectivity index (χ4v) is 2.27. The molecule has 1 unspecified atom stereocenters. The number of furan rings is 1. The summed E-state index contributed by atoms with van der Waals surface area (Å²) in [5.41, 5.74) is 0.992. The Hall–Kier alpha value is -2.82. The molecule has 1 aromatic carbocycles. The standard InChI is InChI=1S/C19H22N4O/c1-3-14(2)21-18-12-17(20-13-16-10-7-11-24-16)22-19(23-18)15-8-5-4-6-9-15/h4-12,14H,3,13H2,1-2H3,(H2,20,21,22,23). The van der Waals surface area contributed by atoms with E-state index in [1.54, 1.807) is 6.26 Å². The van der Waals surface area contributed by atoms with Crippen LogP contribution in [0, 0.1) is 0 Å². The number of anilines is 2. The first-order valence-electron chi connectivity index (χ1n) is 8.22. The first-order chi connectivity index (χ1) is 11.7. The molecule has 24 heavy (non-hydrogen) atoms. The van der Waals surface area contributed by atoms with Crippen LogP contribution in [-0.2, 0) is 6.54 Å². The summed E-state index contributed by atoms with van der Waals surface area (Å²) in [7, 11) is 0. The minimum absolute atomic E-state index is 0.349. The largest absolute Gasteiger partial charge is 0.467 e. The van der Waals surface area contributed by atoms with Gasteiger partial charge in [0.15, 0.2) is 5.82 Å². The van der Waals surface area contributed by atoms with Crippen LogP contribution in [0.3, 0.4) is 0 Å². The Balaban J connectivity index is 1.87. The monoisotopic (exact) mass is 322 g/mol. The zero-order chi connectivity index (χ0) is 16.8. The van der Waals surface area contributed by atoms with Crippen molar-refractivity contribution in [1.82, 2.24) is 9.97 Å². The number of aromatic nitrogens is 2. The molecule has 0 saturated carbocycles. The summed E-state index contributed by atoms with van der Waals surface area (Å²) in [6.07, 6.45) is 2.70. The summed E-state index contributed by atoms with van der Waals surface area (Å²) in [5.74, 6) is 3.16. The second-order valence-electron chi connectivity index (χ2n) is 5.71. The van der Waals surface area contributed by atoms with Gasteiger partial charge in [0.05, 0.1) is 12.8 Å². The summed E-state index contributed by atoms with van der Waals surface area (Å²) < 4.78 is 5.36. The van der Waals surface area contributed by atoms with Crippen molar-refractivity contribution < 1.29 is 4.42 Å². The van der Waals surface area contributed by atoms with Crippen LogP contribution in [0.2, 0.25) is 0 Å². The molecule has 0 fully saturated rings. The number of nitrogens with one attached hydrogen (secondary N) is 2. The first-order valence-corrected chi connectivity index (χ1v) is 8.22. The van der Waals surface area contributed by atoms with Crippen molar-refractivity contribution >= 4 is 11.6 Å². The van der Waals surface area contributed by atoms with Gasteiger partial charge in [-0.05, 0) is 25.5 Å². The van der Waals surface area contributed by atoms with Crippen LogP contribution >= 0.6 is 0 Å². The van der Waals surface area contributed by atoms with Crippen LogP contribution in [-0.4, -0.2) is 16.0 Å². The second kappa shape index (κ2) is 7.64. The molecule has 1 atom stereocenters. The SMILES string of the molecule is CCC(C)Nc1cc(NCc2ccco2)nc(-c2ccccc2)n1. The minimum Gasteiger partial charge on any atom is -0.467 e. The topological polar surface area (TPSA) is 63.0 Å². The van der Waals surface area contributed by atoms with Gasteiger partial charge in [0, 0.05) is 17.7 Å². The average Bonchev–Trinajstić information content (AvgIpc) is 3.14. The van der Waals surface area contributed by atoms with Crippen molar-refractivity contribution in [2.75, 3.05) is 10.6 Å². The maximum atomic E-state index is 5.36. The Morgan fingerprint density at radius 2 is 1.83 bits per heavy atom. The van der Waals surface area contributed by atoms with Gasteiger partial charge < -0.3 is 15.1 Å². The van der Waals surface area contributed by atoms with Gasteiger partial charge in [-0.1, -0.05) is 37.3 Å². The minimum atomic E-state index is 0.349. The molecular weight excluding hydrogens is 300 g/mol. The molecule has 5 heteroatoms. The highest BCUT2D eigenvalue weighted by Gasteiger charge is 2.09. The maximum absolute atomic E-state index is 5.36.